The summed E-state index contributed by atoms with van der Waals surface area (Å²) in [5.41, 5.74) is 0. The van der Waals surface area contributed by atoms with Crippen LogP contribution in [0, 0.1) is 11.3 Å². The van der Waals surface area contributed by atoms with Crippen molar-refractivity contribution in [2.45, 2.75) is 6.42 Å². The Morgan fingerprint density at radius 3 is 2.67 bits per heavy atom. The second kappa shape index (κ2) is 4.56. The fraction of sp³-hybridized carbons (Fsp3) is 0.600. The van der Waals surface area contributed by atoms with Gasteiger partial charge in [0.15, 0.2) is 0 Å². The number of halogens is 1. The Balaban J connectivity index is 3.42. The first-order chi connectivity index (χ1) is 4.16. The van der Waals surface area contributed by atoms with Crippen molar-refractivity contribution in [3.8, 4) is 6.07 Å². The molecule has 0 spiro atoms. The molecule has 0 unspecified atom stereocenters. The van der Waals surface area contributed by atoms with Gasteiger partial charge in [-0.3, -0.25) is 0 Å². The third-order valence-corrected chi connectivity index (χ3v) is 1.84. The van der Waals surface area contributed by atoms with Gasteiger partial charge in [-0.2, -0.15) is 0 Å². The van der Waals surface area contributed by atoms with Crippen LogP contribution in [0.4, 0.5) is 0 Å². The molecule has 0 aromatic rings. The number of hydrogen-bond donors (Lipinski definition) is 0. The van der Waals surface area contributed by atoms with E-state index >= 15 is 0 Å². The number of carbonyl (C=O) groups excluding carboxylic acids is 1. The molecular formula is C5H8INO2. The van der Waals surface area contributed by atoms with Crippen molar-refractivity contribution in [2.24, 2.45) is 0 Å². The molecule has 0 aromatic heterocycles. The Hall–Kier alpha value is -0.310. The molecule has 9 heavy (non-hydrogen) atoms. The minimum atomic E-state index is -1.41. The van der Waals surface area contributed by atoms with Crippen molar-refractivity contribution in [2.75, 3.05) is 9.86 Å². The number of nitriles is 1. The van der Waals surface area contributed by atoms with Gasteiger partial charge in [0.2, 0.25) is 0 Å². The van der Waals surface area contributed by atoms with Crippen LogP contribution in [-0.4, -0.2) is 15.8 Å². The van der Waals surface area contributed by atoms with Gasteiger partial charge in [0, 0.05) is 0 Å². The van der Waals surface area contributed by atoms with Crippen molar-refractivity contribution in [1.82, 2.24) is 0 Å². The summed E-state index contributed by atoms with van der Waals surface area (Å²) >= 11 is -1.41. The van der Waals surface area contributed by atoms with Gasteiger partial charge in [-0.1, -0.05) is 0 Å². The van der Waals surface area contributed by atoms with E-state index in [1.165, 1.54) is 0 Å². The number of carbonyl (C=O) groups is 1. The predicted octanol–water partition coefficient (Wildman–Crippen LogP) is 1.12. The molecule has 0 saturated carbocycles. The van der Waals surface area contributed by atoms with E-state index < -0.39 is 20.2 Å². The number of hydrogen-bond acceptors (Lipinski definition) is 3. The molecule has 0 aromatic carbocycles. The van der Waals surface area contributed by atoms with Crippen LogP contribution < -0.4 is 0 Å². The summed E-state index contributed by atoms with van der Waals surface area (Å²) in [5.74, 6) is -0.382. The Morgan fingerprint density at radius 2 is 2.33 bits per heavy atom. The molecule has 0 aliphatic carbocycles. The maximum atomic E-state index is 10.4. The van der Waals surface area contributed by atoms with E-state index in [9.17, 15) is 4.79 Å². The average Bonchev–Trinajstić information content (AvgIpc) is 1.63. The Bertz CT molecular complexity index is 138. The SMILES string of the molecule is CI(C)OC(=O)CC#N. The molecule has 4 heteroatoms. The van der Waals surface area contributed by atoms with Crippen LogP contribution in [0.2, 0.25) is 0 Å². The van der Waals surface area contributed by atoms with E-state index in [1.807, 2.05) is 9.86 Å². The van der Waals surface area contributed by atoms with Crippen LogP contribution in [0.15, 0.2) is 0 Å². The van der Waals surface area contributed by atoms with Crippen LogP contribution in [0.3, 0.4) is 0 Å². The number of alkyl halides is 2. The molecule has 0 amide bonds. The normalized spacial score (nSPS) is 9.67. The summed E-state index contributed by atoms with van der Waals surface area (Å²) in [6.45, 7) is 0. The van der Waals surface area contributed by atoms with Crippen LogP contribution >= 0.6 is 20.2 Å². The molecule has 0 saturated heterocycles. The van der Waals surface area contributed by atoms with Crippen LogP contribution in [0.25, 0.3) is 0 Å². The van der Waals surface area contributed by atoms with Gasteiger partial charge in [-0.25, -0.2) is 0 Å². The van der Waals surface area contributed by atoms with Crippen molar-refractivity contribution in [3.05, 3.63) is 0 Å². The summed E-state index contributed by atoms with van der Waals surface area (Å²) in [7, 11) is 0. The summed E-state index contributed by atoms with van der Waals surface area (Å²) in [6.07, 6.45) is -0.115. The van der Waals surface area contributed by atoms with Gasteiger partial charge in [0.05, 0.1) is 0 Å². The zero-order valence-electron chi connectivity index (χ0n) is 5.35. The summed E-state index contributed by atoms with van der Waals surface area (Å²) in [5, 5.41) is 8.02. The van der Waals surface area contributed by atoms with Crippen LogP contribution in [-0.2, 0) is 7.86 Å². The van der Waals surface area contributed by atoms with Gasteiger partial charge < -0.3 is 0 Å². The van der Waals surface area contributed by atoms with Gasteiger partial charge in [0.1, 0.15) is 0 Å². The zero-order chi connectivity index (χ0) is 7.28. The molecule has 0 bridgehead atoms. The van der Waals surface area contributed by atoms with Gasteiger partial charge in [-0.05, 0) is 0 Å². The maximum absolute atomic E-state index is 10.4. The molecule has 0 radical (unpaired) electrons. The van der Waals surface area contributed by atoms with E-state index in [0.717, 1.165) is 0 Å². The first-order valence-electron chi connectivity index (χ1n) is 2.25. The van der Waals surface area contributed by atoms with Crippen LogP contribution in [0.5, 0.6) is 0 Å². The molecule has 0 aliphatic heterocycles. The fourth-order valence-corrected chi connectivity index (χ4v) is 1.40. The van der Waals surface area contributed by atoms with E-state index in [2.05, 4.69) is 0 Å². The van der Waals surface area contributed by atoms with E-state index in [-0.39, 0.29) is 12.4 Å². The average molecular weight is 241 g/mol. The molecular weight excluding hydrogens is 233 g/mol. The standard InChI is InChI=1S/C5H8INO2/c1-6(2)9-5(8)3-4-7/h3H2,1-2H3. The Kier molecular flexibility index (Phi) is 4.40. The molecule has 0 atom stereocenters. The molecule has 0 rings (SSSR count). The van der Waals surface area contributed by atoms with Gasteiger partial charge in [-0.15, -0.1) is 0 Å². The van der Waals surface area contributed by atoms with Crippen molar-refractivity contribution < 1.29 is 7.86 Å². The van der Waals surface area contributed by atoms with Crippen LogP contribution in [0.1, 0.15) is 6.42 Å². The minimum absolute atomic E-state index is 0.115. The van der Waals surface area contributed by atoms with Crippen molar-refractivity contribution in [3.63, 3.8) is 0 Å². The van der Waals surface area contributed by atoms with Gasteiger partial charge >= 0.3 is 61.7 Å². The second-order valence-electron chi connectivity index (χ2n) is 1.47. The van der Waals surface area contributed by atoms with Gasteiger partial charge in [0.25, 0.3) is 0 Å². The third kappa shape index (κ3) is 5.56. The third-order valence-electron chi connectivity index (χ3n) is 0.464. The first kappa shape index (κ1) is 8.69. The first-order valence-corrected chi connectivity index (χ1v) is 7.44. The predicted molar refractivity (Wildman–Crippen MR) is 42.2 cm³/mol. The topological polar surface area (TPSA) is 50.1 Å². The fourth-order valence-electron chi connectivity index (χ4n) is 0.264. The molecule has 0 fully saturated rings. The Morgan fingerprint density at radius 1 is 1.78 bits per heavy atom. The Labute approximate surface area is 61.9 Å². The molecule has 0 N–H and O–H groups in total. The quantitative estimate of drug-likeness (QED) is 0.537. The molecule has 52 valence electrons. The van der Waals surface area contributed by atoms with Crippen molar-refractivity contribution >= 4 is 26.2 Å². The summed E-state index contributed by atoms with van der Waals surface area (Å²) in [4.78, 5) is 14.3. The number of nitrogens with zero attached hydrogens (tertiary/aromatic N) is 1. The monoisotopic (exact) mass is 241 g/mol. The zero-order valence-corrected chi connectivity index (χ0v) is 7.51. The van der Waals surface area contributed by atoms with E-state index in [1.54, 1.807) is 6.07 Å². The van der Waals surface area contributed by atoms with Crippen molar-refractivity contribution in [1.29, 1.82) is 5.26 Å². The molecule has 3 nitrogen and oxygen atoms in total. The second-order valence-corrected chi connectivity index (χ2v) is 5.83. The molecule has 0 aliphatic rings. The van der Waals surface area contributed by atoms with E-state index in [4.69, 9.17) is 8.33 Å². The van der Waals surface area contributed by atoms with E-state index in [0.29, 0.717) is 0 Å². The summed E-state index contributed by atoms with van der Waals surface area (Å²) < 4.78 is 4.79. The molecule has 0 heterocycles. The summed E-state index contributed by atoms with van der Waals surface area (Å²) in [6, 6.07) is 1.72. The number of rotatable bonds is 2.